The Bertz CT molecular complexity index is 3310. The number of carbonyl (C=O) groups is 7. The molecule has 25 nitrogen and oxygen atoms in total. The summed E-state index contributed by atoms with van der Waals surface area (Å²) in [5.74, 6) is -7.12. The van der Waals surface area contributed by atoms with Crippen molar-refractivity contribution in [2.75, 3.05) is 55.9 Å². The van der Waals surface area contributed by atoms with E-state index in [4.69, 9.17) is 18.9 Å². The standard InChI is InChI=1S/C65H80N5O19S2.2Na.H2O/c1-39(72)69-56-50(75)34-64(38-71,88-60(56)58(81)52(77)36-67-54(79)32-41-15-17-43-10-3-5-12-47(43)30-41)86-24-8-28-91-29-23-66-62(83)46-21-19-45(20-22-46)49(74)14-7-26-90-27-9-25-87-65(63(84)85)35-51(76)57(70-40(2)73)61(89-65)59(82)53(78)37-68-55(80)33-42-16-18-44-11-4-6-13-48(44)31-42;;;/h3-6,10-13,15-22,30-31,50-53,56-61,75-78,81-82H,7-9,14,23-29,32-37H2,1-2H3,(H,66,83)(H,67,79)(H,68,80)(H,69,72)(H,70,73)(H,84,85);;;1H2/q-1;2*+1;/p-2/t50-,51-,52+,53+,56+,57+,58+,59+,60+,61+,64+,65+;;;/m0.../s1. The molecule has 0 aromatic heterocycles. The summed E-state index contributed by atoms with van der Waals surface area (Å²) in [4.78, 5) is 101. The van der Waals surface area contributed by atoms with E-state index in [0.717, 1.165) is 34.0 Å². The van der Waals surface area contributed by atoms with Crippen LogP contribution in [-0.4, -0.2) is 212 Å². The van der Waals surface area contributed by atoms with E-state index in [-0.39, 0.29) is 109 Å². The average Bonchev–Trinajstić information content (AvgIpc) is 0.783. The maximum absolute atomic E-state index is 13.0. The zero-order valence-electron chi connectivity index (χ0n) is 52.9. The largest absolute Gasteiger partial charge is 1.00 e. The third kappa shape index (κ3) is 23.9. The van der Waals surface area contributed by atoms with Gasteiger partial charge in [0, 0.05) is 76.2 Å². The first-order valence-electron chi connectivity index (χ1n) is 30.0. The summed E-state index contributed by atoms with van der Waals surface area (Å²) < 4.78 is 23.2. The van der Waals surface area contributed by atoms with E-state index < -0.39 is 128 Å². The quantitative estimate of drug-likeness (QED) is 0.00780. The van der Waals surface area contributed by atoms with Crippen molar-refractivity contribution >= 4 is 92.6 Å². The zero-order valence-corrected chi connectivity index (χ0v) is 58.6. The maximum atomic E-state index is 13.0. The van der Waals surface area contributed by atoms with Crippen molar-refractivity contribution in [3.63, 3.8) is 0 Å². The summed E-state index contributed by atoms with van der Waals surface area (Å²) in [6.45, 7) is 1.50. The number of hydrogen-bond acceptors (Lipinski definition) is 22. The molecule has 5 aromatic carbocycles. The van der Waals surface area contributed by atoms with Gasteiger partial charge in [0.1, 0.15) is 30.4 Å². The molecule has 2 fully saturated rings. The van der Waals surface area contributed by atoms with E-state index in [1.165, 1.54) is 30.4 Å². The van der Waals surface area contributed by atoms with E-state index >= 15 is 0 Å². The van der Waals surface area contributed by atoms with Gasteiger partial charge in [-0.25, -0.2) is 6.29 Å². The fourth-order valence-electron chi connectivity index (χ4n) is 10.7. The number of rotatable bonds is 35. The molecule has 94 heavy (non-hydrogen) atoms. The van der Waals surface area contributed by atoms with Gasteiger partial charge in [-0.2, -0.15) is 23.5 Å². The normalized spacial score (nSPS) is 22.1. The molecular weight excluding hydrogens is 1280 g/mol. The van der Waals surface area contributed by atoms with Gasteiger partial charge < -0.3 is 96.3 Å². The van der Waals surface area contributed by atoms with Crippen LogP contribution in [-0.2, 0) is 60.6 Å². The van der Waals surface area contributed by atoms with Crippen LogP contribution in [0.2, 0.25) is 0 Å². The predicted molar refractivity (Wildman–Crippen MR) is 338 cm³/mol. The van der Waals surface area contributed by atoms with Crippen LogP contribution in [0.5, 0.6) is 0 Å². The number of benzene rings is 5. The van der Waals surface area contributed by atoms with Crippen molar-refractivity contribution in [1.82, 2.24) is 26.6 Å². The number of aliphatic hydroxyl groups is 6. The Hall–Kier alpha value is -4.96. The molecule has 0 unspecified atom stereocenters. The van der Waals surface area contributed by atoms with Gasteiger partial charge in [0.2, 0.25) is 29.4 Å². The molecule has 0 radical (unpaired) electrons. The number of hydrogen-bond donors (Lipinski definition) is 11. The number of ether oxygens (including phenoxy) is 4. The molecule has 12 atom stereocenters. The number of carbonyl (C=O) groups excluding carboxylic acids is 8. The molecule has 2 aliphatic heterocycles. The Morgan fingerprint density at radius 2 is 1.06 bits per heavy atom. The van der Waals surface area contributed by atoms with Crippen LogP contribution in [0.15, 0.2) is 109 Å². The molecule has 2 heterocycles. The molecule has 0 spiro atoms. The summed E-state index contributed by atoms with van der Waals surface area (Å²) in [5.41, 5.74) is 2.20. The third-order valence-electron chi connectivity index (χ3n) is 15.4. The molecule has 29 heteroatoms. The number of Topliss-reactive ketones (excluding diaryl/α,β-unsaturated/α-hetero) is 1. The van der Waals surface area contributed by atoms with Gasteiger partial charge in [0.15, 0.2) is 5.78 Å². The fourth-order valence-corrected chi connectivity index (χ4v) is 12.4. The predicted octanol–water partition coefficient (Wildman–Crippen LogP) is -5.48. The van der Waals surface area contributed by atoms with Crippen molar-refractivity contribution in [3.8, 4) is 0 Å². The summed E-state index contributed by atoms with van der Waals surface area (Å²) in [7, 11) is 0. The van der Waals surface area contributed by atoms with Crippen molar-refractivity contribution in [1.29, 1.82) is 0 Å². The number of amides is 5. The van der Waals surface area contributed by atoms with Crippen LogP contribution in [0, 0.1) is 0 Å². The smallest absolute Gasteiger partial charge is 0.870 e. The minimum Gasteiger partial charge on any atom is -0.870 e. The van der Waals surface area contributed by atoms with Gasteiger partial charge in [-0.05, 0) is 81.3 Å². The second-order valence-corrected chi connectivity index (χ2v) is 24.9. The van der Waals surface area contributed by atoms with Gasteiger partial charge in [-0.1, -0.05) is 97.1 Å². The molecule has 5 amide bonds. The van der Waals surface area contributed by atoms with Gasteiger partial charge in [-0.15, -0.1) is 0 Å². The Morgan fingerprint density at radius 3 is 1.56 bits per heavy atom. The summed E-state index contributed by atoms with van der Waals surface area (Å²) >= 11 is 2.96. The minimum absolute atomic E-state index is 0. The summed E-state index contributed by atoms with van der Waals surface area (Å²) in [6, 6.07) is 30.0. The molecule has 12 N–H and O–H groups in total. The van der Waals surface area contributed by atoms with Crippen LogP contribution in [0.1, 0.15) is 84.2 Å². The topological polar surface area (TPSA) is 408 Å². The van der Waals surface area contributed by atoms with Crippen molar-refractivity contribution in [2.45, 2.75) is 138 Å². The molecular formula is C65H80N5Na2O20S2-. The van der Waals surface area contributed by atoms with Gasteiger partial charge in [-0.3, -0.25) is 28.8 Å². The number of thioether (sulfide) groups is 2. The van der Waals surface area contributed by atoms with Crippen LogP contribution in [0.4, 0.5) is 0 Å². The second kappa shape index (κ2) is 40.1. The van der Waals surface area contributed by atoms with Crippen LogP contribution in [0.3, 0.4) is 0 Å². The number of carboxylic acids is 1. The van der Waals surface area contributed by atoms with E-state index in [0.29, 0.717) is 65.5 Å². The molecule has 2 aliphatic rings. The third-order valence-corrected chi connectivity index (χ3v) is 17.6. The SMILES string of the molecule is CC(=O)N[C@H]1[C@H]([C@H](O)[C@H](O)CNC(=O)Cc2ccc3ccccc3c2)O[C@]([C-]=O)(OCCCSCCNC(=O)c2ccc(C(=O)CCCSCCCO[C@]3(C(=O)[O-])C[C@H](O)[C@@H](NC(C)=O)[C@H]([C@H](O)[C@H](O)CNC(=O)Cc4ccc5ccccc5c4)O3)cc2)C[C@@H]1O.[Na+].[Na+].[OH-]. The first-order valence-corrected chi connectivity index (χ1v) is 32.3. The summed E-state index contributed by atoms with van der Waals surface area (Å²) in [6.07, 6.45) is -11.6. The number of fused-ring (bicyclic) bond motifs is 2. The fraction of sp³-hybridized carbons (Fsp3) is 0.477. The average molecular weight is 1360 g/mol. The van der Waals surface area contributed by atoms with Crippen molar-refractivity contribution in [2.24, 2.45) is 0 Å². The molecule has 0 aliphatic carbocycles. The molecule has 2 saturated heterocycles. The Morgan fingerprint density at radius 1 is 0.606 bits per heavy atom. The van der Waals surface area contributed by atoms with Gasteiger partial charge in [0.05, 0.1) is 61.7 Å². The molecule has 5 aromatic rings. The van der Waals surface area contributed by atoms with Gasteiger partial charge in [0.25, 0.3) is 5.91 Å². The van der Waals surface area contributed by atoms with E-state index in [2.05, 4.69) is 26.6 Å². The Kier molecular flexibility index (Phi) is 34.7. The zero-order chi connectivity index (χ0) is 65.7. The molecule has 7 rings (SSSR count). The van der Waals surface area contributed by atoms with Crippen LogP contribution >= 0.6 is 23.5 Å². The van der Waals surface area contributed by atoms with E-state index in [1.54, 1.807) is 36.6 Å². The van der Waals surface area contributed by atoms with Crippen LogP contribution in [0.25, 0.3) is 21.5 Å². The van der Waals surface area contributed by atoms with Crippen LogP contribution < -0.4 is 90.8 Å². The number of nitrogens with one attached hydrogen (secondary N) is 5. The van der Waals surface area contributed by atoms with E-state index in [1.807, 2.05) is 78.9 Å². The Balaban J connectivity index is 0.00000627. The second-order valence-electron chi connectivity index (χ2n) is 22.5. The maximum Gasteiger partial charge on any atom is 1.00 e. The molecule has 500 valence electrons. The number of carboxylic acid groups (broad SMARTS) is 1. The van der Waals surface area contributed by atoms with Crippen molar-refractivity contribution < 1.29 is 158 Å². The minimum atomic E-state index is -2.57. The van der Waals surface area contributed by atoms with Gasteiger partial charge >= 0.3 is 59.1 Å². The molecule has 0 bridgehead atoms. The molecule has 0 saturated carbocycles. The van der Waals surface area contributed by atoms with E-state index in [9.17, 15) is 74.1 Å². The first kappa shape index (κ1) is 81.5. The van der Waals surface area contributed by atoms with Crippen molar-refractivity contribution in [3.05, 3.63) is 131 Å². The monoisotopic (exact) mass is 1360 g/mol. The number of aliphatic carboxylic acids is 1. The Labute approximate surface area is 597 Å². The first-order chi connectivity index (χ1) is 43.6. The number of aliphatic hydroxyl groups excluding tert-OH is 6. The number of ketones is 1. The summed E-state index contributed by atoms with van der Waals surface area (Å²) in [5, 5.41) is 96.1.